The second-order valence-electron chi connectivity index (χ2n) is 4.62. The van der Waals surface area contributed by atoms with E-state index in [4.69, 9.17) is 5.11 Å². The van der Waals surface area contributed by atoms with E-state index in [0.717, 1.165) is 12.5 Å². The lowest BCUT2D eigenvalue weighted by Crippen LogP contribution is -2.37. The zero-order valence-electron chi connectivity index (χ0n) is 10.1. The van der Waals surface area contributed by atoms with E-state index in [2.05, 4.69) is 0 Å². The van der Waals surface area contributed by atoms with Crippen molar-refractivity contribution in [3.63, 3.8) is 0 Å². The van der Waals surface area contributed by atoms with E-state index in [1.807, 2.05) is 0 Å². The Morgan fingerprint density at radius 3 is 2.89 bits per heavy atom. The van der Waals surface area contributed by atoms with Crippen LogP contribution in [0.15, 0.2) is 18.2 Å². The van der Waals surface area contributed by atoms with Crippen LogP contribution in [0.1, 0.15) is 31.4 Å². The van der Waals surface area contributed by atoms with Gasteiger partial charge in [0.05, 0.1) is 0 Å². The fourth-order valence-electron chi connectivity index (χ4n) is 2.55. The number of carbonyl (C=O) groups is 1. The summed E-state index contributed by atoms with van der Waals surface area (Å²) >= 11 is 0. The molecule has 18 heavy (non-hydrogen) atoms. The highest BCUT2D eigenvalue weighted by molar-refractivity contribution is 5.73. The molecule has 0 aliphatic carbocycles. The van der Waals surface area contributed by atoms with Crippen molar-refractivity contribution in [3.8, 4) is 5.75 Å². The smallest absolute Gasteiger partial charge is 0.320 e. The molecule has 0 amide bonds. The summed E-state index contributed by atoms with van der Waals surface area (Å²) in [6, 6.07) is 3.12. The summed E-state index contributed by atoms with van der Waals surface area (Å²) in [6.45, 7) is 2.44. The molecule has 0 bridgehead atoms. The van der Waals surface area contributed by atoms with Crippen molar-refractivity contribution in [3.05, 3.63) is 29.6 Å². The van der Waals surface area contributed by atoms with Gasteiger partial charge in [-0.2, -0.15) is 0 Å². The number of likely N-dealkylation sites (tertiary alicyclic amines) is 1. The average Bonchev–Trinajstić information content (AvgIpc) is 2.77. The highest BCUT2D eigenvalue weighted by atomic mass is 19.1. The lowest BCUT2D eigenvalue weighted by Gasteiger charge is -2.28. The fraction of sp³-hybridized carbons (Fsp3) is 0.462. The summed E-state index contributed by atoms with van der Waals surface area (Å²) in [4.78, 5) is 12.9. The van der Waals surface area contributed by atoms with Gasteiger partial charge in [-0.25, -0.2) is 4.39 Å². The van der Waals surface area contributed by atoms with Crippen LogP contribution in [-0.2, 0) is 4.79 Å². The van der Waals surface area contributed by atoms with Crippen LogP contribution in [-0.4, -0.2) is 33.7 Å². The van der Waals surface area contributed by atoms with E-state index in [1.54, 1.807) is 11.8 Å². The lowest BCUT2D eigenvalue weighted by molar-refractivity contribution is -0.142. The van der Waals surface area contributed by atoms with Gasteiger partial charge < -0.3 is 10.2 Å². The third kappa shape index (κ3) is 2.31. The molecule has 0 spiro atoms. The zero-order chi connectivity index (χ0) is 13.3. The first kappa shape index (κ1) is 12.8. The van der Waals surface area contributed by atoms with Crippen LogP contribution in [0.5, 0.6) is 5.75 Å². The van der Waals surface area contributed by atoms with E-state index in [0.29, 0.717) is 18.5 Å². The first-order chi connectivity index (χ1) is 8.50. The van der Waals surface area contributed by atoms with Crippen LogP contribution in [0.3, 0.4) is 0 Å². The van der Waals surface area contributed by atoms with Crippen molar-refractivity contribution in [1.29, 1.82) is 0 Å². The van der Waals surface area contributed by atoms with Gasteiger partial charge in [-0.1, -0.05) is 6.07 Å². The molecular formula is C13H16FNO3. The Morgan fingerprint density at radius 2 is 2.28 bits per heavy atom. The molecule has 0 radical (unpaired) electrons. The Morgan fingerprint density at radius 1 is 1.56 bits per heavy atom. The number of hydrogen-bond donors (Lipinski definition) is 2. The molecule has 0 saturated carbocycles. The maximum Gasteiger partial charge on any atom is 0.320 e. The molecule has 98 valence electrons. The Balaban J connectivity index is 2.25. The number of nitrogens with zero attached hydrogens (tertiary/aromatic N) is 1. The standard InChI is InChI=1S/C13H16FNO3/c1-8(10-5-4-9(16)7-11(10)14)15-6-2-3-12(15)13(17)18/h4-5,7-8,12,16H,2-3,6H2,1H3,(H,17,18). The van der Waals surface area contributed by atoms with Gasteiger partial charge in [0, 0.05) is 17.7 Å². The third-order valence-corrected chi connectivity index (χ3v) is 3.51. The maximum atomic E-state index is 13.7. The molecule has 4 nitrogen and oxygen atoms in total. The number of aliphatic carboxylic acids is 1. The van der Waals surface area contributed by atoms with Gasteiger partial charge in [0.2, 0.25) is 0 Å². The second kappa shape index (κ2) is 4.94. The van der Waals surface area contributed by atoms with Gasteiger partial charge in [0.15, 0.2) is 0 Å². The van der Waals surface area contributed by atoms with Crippen LogP contribution in [0.25, 0.3) is 0 Å². The minimum Gasteiger partial charge on any atom is -0.508 e. The van der Waals surface area contributed by atoms with Gasteiger partial charge >= 0.3 is 5.97 Å². The van der Waals surface area contributed by atoms with Gasteiger partial charge in [-0.3, -0.25) is 9.69 Å². The first-order valence-corrected chi connectivity index (χ1v) is 5.97. The predicted molar refractivity (Wildman–Crippen MR) is 63.8 cm³/mol. The predicted octanol–water partition coefficient (Wildman–Crippen LogP) is 2.14. The minimum atomic E-state index is -0.862. The molecule has 1 aromatic rings. The van der Waals surface area contributed by atoms with Crippen LogP contribution in [0.4, 0.5) is 4.39 Å². The maximum absolute atomic E-state index is 13.7. The number of hydrogen-bond acceptors (Lipinski definition) is 3. The molecule has 2 atom stereocenters. The molecule has 1 saturated heterocycles. The van der Waals surface area contributed by atoms with Crippen molar-refractivity contribution in [1.82, 2.24) is 4.90 Å². The Labute approximate surface area is 105 Å². The number of benzene rings is 1. The van der Waals surface area contributed by atoms with Gasteiger partial charge in [-0.05, 0) is 32.4 Å². The van der Waals surface area contributed by atoms with Crippen LogP contribution in [0.2, 0.25) is 0 Å². The topological polar surface area (TPSA) is 60.8 Å². The van der Waals surface area contributed by atoms with E-state index < -0.39 is 17.8 Å². The van der Waals surface area contributed by atoms with Crippen molar-refractivity contribution in [2.75, 3.05) is 6.54 Å². The Bertz CT molecular complexity index is 464. The number of halogens is 1. The summed E-state index contributed by atoms with van der Waals surface area (Å²) in [7, 11) is 0. The summed E-state index contributed by atoms with van der Waals surface area (Å²) in [5.41, 5.74) is 0.418. The molecular weight excluding hydrogens is 237 g/mol. The third-order valence-electron chi connectivity index (χ3n) is 3.51. The average molecular weight is 253 g/mol. The summed E-state index contributed by atoms with van der Waals surface area (Å²) in [5.74, 6) is -1.49. The number of phenols is 1. The van der Waals surface area contributed by atoms with E-state index in [9.17, 15) is 14.3 Å². The molecule has 1 heterocycles. The molecule has 2 unspecified atom stereocenters. The second-order valence-corrected chi connectivity index (χ2v) is 4.62. The van der Waals surface area contributed by atoms with Crippen LogP contribution in [0, 0.1) is 5.82 Å². The first-order valence-electron chi connectivity index (χ1n) is 5.97. The fourth-order valence-corrected chi connectivity index (χ4v) is 2.55. The van der Waals surface area contributed by atoms with Crippen molar-refractivity contribution in [2.45, 2.75) is 31.8 Å². The molecule has 1 aliphatic heterocycles. The summed E-state index contributed by atoms with van der Waals surface area (Å²) < 4.78 is 13.7. The zero-order valence-corrected chi connectivity index (χ0v) is 10.1. The highest BCUT2D eigenvalue weighted by Gasteiger charge is 2.34. The van der Waals surface area contributed by atoms with Gasteiger partial charge in [0.1, 0.15) is 17.6 Å². The normalized spacial score (nSPS) is 22.0. The molecule has 1 aromatic carbocycles. The van der Waals surface area contributed by atoms with E-state index in [1.165, 1.54) is 12.1 Å². The van der Waals surface area contributed by atoms with Gasteiger partial charge in [0.25, 0.3) is 0 Å². The van der Waals surface area contributed by atoms with E-state index in [-0.39, 0.29) is 11.8 Å². The summed E-state index contributed by atoms with van der Waals surface area (Å²) in [6.07, 6.45) is 1.40. The highest BCUT2D eigenvalue weighted by Crippen LogP contribution is 2.31. The van der Waals surface area contributed by atoms with Crippen LogP contribution >= 0.6 is 0 Å². The summed E-state index contributed by atoms with van der Waals surface area (Å²) in [5, 5.41) is 18.3. The van der Waals surface area contributed by atoms with Crippen molar-refractivity contribution >= 4 is 5.97 Å². The Kier molecular flexibility index (Phi) is 3.52. The molecule has 2 N–H and O–H groups in total. The van der Waals surface area contributed by atoms with Gasteiger partial charge in [-0.15, -0.1) is 0 Å². The van der Waals surface area contributed by atoms with Crippen molar-refractivity contribution < 1.29 is 19.4 Å². The molecule has 2 rings (SSSR count). The lowest BCUT2D eigenvalue weighted by atomic mass is 10.0. The SMILES string of the molecule is CC(c1ccc(O)cc1F)N1CCCC1C(=O)O. The number of aromatic hydroxyl groups is 1. The van der Waals surface area contributed by atoms with E-state index >= 15 is 0 Å². The largest absolute Gasteiger partial charge is 0.508 e. The number of phenolic OH excluding ortho intramolecular Hbond substituents is 1. The molecule has 5 heteroatoms. The molecule has 1 aliphatic rings. The quantitative estimate of drug-likeness (QED) is 0.866. The van der Waals surface area contributed by atoms with Crippen LogP contribution < -0.4 is 0 Å². The Hall–Kier alpha value is -1.62. The molecule has 0 aromatic heterocycles. The monoisotopic (exact) mass is 253 g/mol. The number of rotatable bonds is 3. The molecule has 1 fully saturated rings. The van der Waals surface area contributed by atoms with Crippen molar-refractivity contribution in [2.24, 2.45) is 0 Å². The minimum absolute atomic E-state index is 0.125. The number of carboxylic acid groups (broad SMARTS) is 1. The number of carboxylic acids is 1.